The molecule has 1 amide bonds. The number of amides is 1. The Kier molecular flexibility index (Phi) is 8.95. The molecule has 0 atom stereocenters. The highest BCUT2D eigenvalue weighted by Gasteiger charge is 2.17. The van der Waals surface area contributed by atoms with Crippen LogP contribution in [0.1, 0.15) is 38.8 Å². The van der Waals surface area contributed by atoms with Crippen molar-refractivity contribution in [1.82, 2.24) is 9.88 Å². The topological polar surface area (TPSA) is 111 Å². The van der Waals surface area contributed by atoms with Crippen molar-refractivity contribution < 1.29 is 28.5 Å². The van der Waals surface area contributed by atoms with Crippen molar-refractivity contribution >= 4 is 11.9 Å². The highest BCUT2D eigenvalue weighted by atomic mass is 16.5. The molecule has 9 heteroatoms. The molecule has 0 unspecified atom stereocenters. The first-order valence-corrected chi connectivity index (χ1v) is 12.4. The molecule has 3 aromatic carbocycles. The van der Waals surface area contributed by atoms with Gasteiger partial charge in [0.15, 0.2) is 11.5 Å². The van der Waals surface area contributed by atoms with Gasteiger partial charge in [-0.1, -0.05) is 36.4 Å². The van der Waals surface area contributed by atoms with Crippen LogP contribution >= 0.6 is 0 Å². The molecule has 0 aliphatic heterocycles. The number of ether oxygens (including phenoxy) is 4. The number of esters is 1. The van der Waals surface area contributed by atoms with E-state index in [1.54, 1.807) is 57.4 Å². The van der Waals surface area contributed by atoms with Crippen LogP contribution in [0.3, 0.4) is 0 Å². The normalized spacial score (nSPS) is 10.2. The maximum atomic E-state index is 12.6. The molecule has 4 rings (SSSR count). The first kappa shape index (κ1) is 27.7. The lowest BCUT2D eigenvalue weighted by molar-refractivity contribution is 0.0525. The second-order valence-electron chi connectivity index (χ2n) is 8.73. The van der Waals surface area contributed by atoms with Crippen LogP contribution in [0.15, 0.2) is 84.9 Å². The Morgan fingerprint density at radius 3 is 2.30 bits per heavy atom. The van der Waals surface area contributed by atoms with Crippen molar-refractivity contribution in [3.05, 3.63) is 107 Å². The monoisotopic (exact) mass is 537 g/mol. The molecule has 0 saturated heterocycles. The van der Waals surface area contributed by atoms with Gasteiger partial charge in [0.25, 0.3) is 5.91 Å². The highest BCUT2D eigenvalue weighted by Crippen LogP contribution is 2.34. The zero-order valence-electron chi connectivity index (χ0n) is 22.3. The Balaban J connectivity index is 1.66. The number of nitrogens with zero attached hydrogens (tertiary/aromatic N) is 3. The van der Waals surface area contributed by atoms with Gasteiger partial charge < -0.3 is 23.8 Å². The van der Waals surface area contributed by atoms with E-state index in [0.717, 1.165) is 5.56 Å². The van der Waals surface area contributed by atoms with Gasteiger partial charge in [-0.3, -0.25) is 4.79 Å². The van der Waals surface area contributed by atoms with Crippen molar-refractivity contribution in [1.29, 1.82) is 5.26 Å². The fourth-order valence-electron chi connectivity index (χ4n) is 3.61. The maximum absolute atomic E-state index is 12.6. The van der Waals surface area contributed by atoms with Crippen molar-refractivity contribution in [3.63, 3.8) is 0 Å². The third-order valence-electron chi connectivity index (χ3n) is 5.52. The minimum absolute atomic E-state index is 0.0146. The minimum Gasteiger partial charge on any atom is -0.485 e. The number of hydrogen-bond acceptors (Lipinski definition) is 8. The van der Waals surface area contributed by atoms with E-state index in [1.807, 2.05) is 30.3 Å². The summed E-state index contributed by atoms with van der Waals surface area (Å²) in [5, 5.41) is 9.44. The van der Waals surface area contributed by atoms with Gasteiger partial charge in [0.1, 0.15) is 12.4 Å². The minimum atomic E-state index is -0.595. The third kappa shape index (κ3) is 7.14. The molecule has 0 bridgehead atoms. The van der Waals surface area contributed by atoms with Crippen LogP contribution in [0.2, 0.25) is 0 Å². The number of hydrogen-bond donors (Lipinski definition) is 0. The molecule has 0 saturated carbocycles. The van der Waals surface area contributed by atoms with Crippen molar-refractivity contribution in [2.45, 2.75) is 13.5 Å². The molecule has 4 aromatic rings. The number of carbonyl (C=O) groups is 2. The summed E-state index contributed by atoms with van der Waals surface area (Å²) >= 11 is 0. The second kappa shape index (κ2) is 12.9. The summed E-state index contributed by atoms with van der Waals surface area (Å²) in [6, 6.07) is 25.9. The van der Waals surface area contributed by atoms with Gasteiger partial charge in [-0.05, 0) is 42.8 Å². The van der Waals surface area contributed by atoms with Crippen molar-refractivity contribution in [2.24, 2.45) is 0 Å². The molecular weight excluding hydrogens is 510 g/mol. The van der Waals surface area contributed by atoms with Gasteiger partial charge in [0.2, 0.25) is 11.8 Å². The van der Waals surface area contributed by atoms with Crippen LogP contribution in [0.5, 0.6) is 29.0 Å². The Morgan fingerprint density at radius 1 is 0.850 bits per heavy atom. The summed E-state index contributed by atoms with van der Waals surface area (Å²) in [6.07, 6.45) is 0. The third-order valence-corrected chi connectivity index (χ3v) is 5.52. The SMILES string of the molecule is CCOC(=O)c1cc(Oc2cccc(C(=O)N(C)C)c2)nc(Oc2cc(C#N)ccc2OCc2ccccc2)c1. The van der Waals surface area contributed by atoms with Gasteiger partial charge in [-0.2, -0.15) is 10.2 Å². The van der Waals surface area contributed by atoms with E-state index < -0.39 is 5.97 Å². The molecule has 1 heterocycles. The highest BCUT2D eigenvalue weighted by molar-refractivity contribution is 5.94. The largest absolute Gasteiger partial charge is 0.485 e. The van der Waals surface area contributed by atoms with Gasteiger partial charge in [0, 0.05) is 37.9 Å². The first-order chi connectivity index (χ1) is 19.4. The lowest BCUT2D eigenvalue weighted by Crippen LogP contribution is -2.21. The molecular formula is C31H27N3O6. The Morgan fingerprint density at radius 2 is 1.60 bits per heavy atom. The second-order valence-corrected chi connectivity index (χ2v) is 8.73. The van der Waals surface area contributed by atoms with Gasteiger partial charge >= 0.3 is 5.97 Å². The number of aromatic nitrogens is 1. The average Bonchev–Trinajstić information content (AvgIpc) is 2.96. The van der Waals surface area contributed by atoms with Crippen LogP contribution in [-0.2, 0) is 11.3 Å². The Bertz CT molecular complexity index is 1550. The fourth-order valence-corrected chi connectivity index (χ4v) is 3.61. The van der Waals surface area contributed by atoms with Crippen molar-refractivity contribution in [3.8, 4) is 35.1 Å². The quantitative estimate of drug-likeness (QED) is 0.227. The number of rotatable bonds is 10. The van der Waals surface area contributed by atoms with E-state index in [0.29, 0.717) is 22.6 Å². The predicted molar refractivity (Wildman–Crippen MR) is 147 cm³/mol. The zero-order chi connectivity index (χ0) is 28.5. The van der Waals surface area contributed by atoms with Gasteiger partial charge in [-0.15, -0.1) is 0 Å². The van der Waals surface area contributed by atoms with Crippen LogP contribution in [0.4, 0.5) is 0 Å². The van der Waals surface area contributed by atoms with E-state index in [1.165, 1.54) is 23.1 Å². The maximum Gasteiger partial charge on any atom is 0.338 e. The van der Waals surface area contributed by atoms with E-state index in [-0.39, 0.29) is 42.2 Å². The summed E-state index contributed by atoms with van der Waals surface area (Å²) in [7, 11) is 3.31. The summed E-state index contributed by atoms with van der Waals surface area (Å²) in [5.41, 5.74) is 1.87. The number of pyridine rings is 1. The molecule has 0 fully saturated rings. The zero-order valence-corrected chi connectivity index (χ0v) is 22.3. The molecule has 9 nitrogen and oxygen atoms in total. The number of nitriles is 1. The summed E-state index contributed by atoms with van der Waals surface area (Å²) in [5.74, 6) is 0.214. The molecule has 40 heavy (non-hydrogen) atoms. The molecule has 0 N–H and O–H groups in total. The number of benzene rings is 3. The predicted octanol–water partition coefficient (Wildman–Crippen LogP) is 6.00. The summed E-state index contributed by atoms with van der Waals surface area (Å²) in [6.45, 7) is 2.14. The van der Waals surface area contributed by atoms with Crippen LogP contribution < -0.4 is 14.2 Å². The molecule has 0 spiro atoms. The van der Waals surface area contributed by atoms with Crippen molar-refractivity contribution in [2.75, 3.05) is 20.7 Å². The Hall–Kier alpha value is -5.36. The molecule has 0 radical (unpaired) electrons. The summed E-state index contributed by atoms with van der Waals surface area (Å²) < 4.78 is 23.1. The van der Waals surface area contributed by atoms with E-state index in [2.05, 4.69) is 11.1 Å². The van der Waals surface area contributed by atoms with E-state index in [9.17, 15) is 14.9 Å². The van der Waals surface area contributed by atoms with Crippen LogP contribution in [-0.4, -0.2) is 42.5 Å². The van der Waals surface area contributed by atoms with Gasteiger partial charge in [0.05, 0.1) is 23.8 Å². The molecule has 1 aromatic heterocycles. The first-order valence-electron chi connectivity index (χ1n) is 12.4. The fraction of sp³-hybridized carbons (Fsp3) is 0.161. The Labute approximate surface area is 232 Å². The molecule has 0 aliphatic carbocycles. The van der Waals surface area contributed by atoms with E-state index in [4.69, 9.17) is 18.9 Å². The standard InChI is InChI=1S/C31H27N3O6/c1-4-37-31(36)24-17-28(39-25-12-8-11-23(16-25)30(35)34(2)3)33-29(18-24)40-27-15-22(19-32)13-14-26(27)38-20-21-9-6-5-7-10-21/h5-18H,4,20H2,1-3H3. The lowest BCUT2D eigenvalue weighted by atomic mass is 10.2. The van der Waals surface area contributed by atoms with Gasteiger partial charge in [-0.25, -0.2) is 4.79 Å². The molecule has 202 valence electrons. The van der Waals surface area contributed by atoms with Crippen LogP contribution in [0.25, 0.3) is 0 Å². The smallest absolute Gasteiger partial charge is 0.338 e. The number of carbonyl (C=O) groups excluding carboxylic acids is 2. The molecule has 0 aliphatic rings. The van der Waals surface area contributed by atoms with E-state index >= 15 is 0 Å². The average molecular weight is 538 g/mol. The summed E-state index contributed by atoms with van der Waals surface area (Å²) in [4.78, 5) is 30.9. The van der Waals surface area contributed by atoms with Crippen LogP contribution in [0, 0.1) is 11.3 Å². The lowest BCUT2D eigenvalue weighted by Gasteiger charge is -2.15.